The molecule has 0 aromatic carbocycles. The van der Waals surface area contributed by atoms with Gasteiger partial charge in [0.05, 0.1) is 10.7 Å². The molecule has 0 spiro atoms. The maximum absolute atomic E-state index is 6.00. The van der Waals surface area contributed by atoms with Crippen molar-refractivity contribution in [2.75, 3.05) is 0 Å². The molecule has 3 aliphatic carbocycles. The van der Waals surface area contributed by atoms with Crippen LogP contribution in [-0.4, -0.2) is 15.4 Å². The van der Waals surface area contributed by atoms with Crippen molar-refractivity contribution in [1.82, 2.24) is 14.7 Å². The third-order valence-electron chi connectivity index (χ3n) is 5.72. The van der Waals surface area contributed by atoms with E-state index in [0.29, 0.717) is 0 Å². The molecule has 0 radical (unpaired) electrons. The fourth-order valence-corrected chi connectivity index (χ4v) is 5.09. The second-order valence-electron chi connectivity index (χ2n) is 6.74. The summed E-state index contributed by atoms with van der Waals surface area (Å²) in [4.78, 5) is 4.64. The molecule has 4 atom stereocenters. The molecule has 4 unspecified atom stereocenters. The Morgan fingerprint density at radius 1 is 1.20 bits per heavy atom. The molecule has 3 fully saturated rings. The van der Waals surface area contributed by atoms with Gasteiger partial charge in [0.25, 0.3) is 0 Å². The van der Waals surface area contributed by atoms with Crippen LogP contribution in [-0.2, 0) is 6.54 Å². The average Bonchev–Trinajstić information content (AvgIpc) is 2.83. The lowest BCUT2D eigenvalue weighted by atomic mass is 10.0. The quantitative estimate of drug-likeness (QED) is 0.940. The van der Waals surface area contributed by atoms with Crippen molar-refractivity contribution in [2.45, 2.75) is 31.8 Å². The maximum atomic E-state index is 6.00. The fourth-order valence-electron chi connectivity index (χ4n) is 4.92. The van der Waals surface area contributed by atoms with Crippen LogP contribution in [0.2, 0.25) is 5.02 Å². The minimum atomic E-state index is 0.753. The first-order valence-electron chi connectivity index (χ1n) is 7.66. The second-order valence-corrected chi connectivity index (χ2v) is 7.18. The van der Waals surface area contributed by atoms with Gasteiger partial charge < -0.3 is 9.72 Å². The normalized spacial score (nSPS) is 37.5. The molecule has 2 aromatic heterocycles. The zero-order valence-corrected chi connectivity index (χ0v) is 12.1. The van der Waals surface area contributed by atoms with Crippen LogP contribution in [0.3, 0.4) is 0 Å². The van der Waals surface area contributed by atoms with E-state index in [1.165, 1.54) is 19.3 Å². The van der Waals surface area contributed by atoms with Crippen molar-refractivity contribution < 1.29 is 0 Å². The van der Waals surface area contributed by atoms with Crippen LogP contribution in [0.5, 0.6) is 0 Å². The van der Waals surface area contributed by atoms with Gasteiger partial charge in [0.15, 0.2) is 0 Å². The molecule has 2 bridgehead atoms. The summed E-state index contributed by atoms with van der Waals surface area (Å²) in [5.41, 5.74) is 2.09. The number of imidazole rings is 1. The van der Waals surface area contributed by atoms with Crippen LogP contribution in [0.1, 0.15) is 25.0 Å². The van der Waals surface area contributed by atoms with Crippen molar-refractivity contribution in [3.05, 3.63) is 35.2 Å². The summed E-state index contributed by atoms with van der Waals surface area (Å²) in [5, 5.41) is 4.50. The third-order valence-corrected chi connectivity index (χ3v) is 5.94. The van der Waals surface area contributed by atoms with Gasteiger partial charge in [-0.1, -0.05) is 11.6 Å². The summed E-state index contributed by atoms with van der Waals surface area (Å²) in [7, 11) is 0. The highest BCUT2D eigenvalue weighted by Crippen LogP contribution is 2.65. The van der Waals surface area contributed by atoms with E-state index in [2.05, 4.69) is 16.5 Å². The van der Waals surface area contributed by atoms with Crippen molar-refractivity contribution in [3.8, 4) is 0 Å². The maximum Gasteiger partial charge on any atom is 0.137 e. The van der Waals surface area contributed by atoms with E-state index in [0.717, 1.165) is 52.6 Å². The molecule has 3 nitrogen and oxygen atoms in total. The first kappa shape index (κ1) is 11.6. The summed E-state index contributed by atoms with van der Waals surface area (Å²) in [5.74, 6) is 4.03. The van der Waals surface area contributed by atoms with Crippen LogP contribution in [0.25, 0.3) is 5.65 Å². The molecule has 2 aromatic rings. The highest BCUT2D eigenvalue weighted by Gasteiger charge is 2.64. The molecule has 104 valence electrons. The lowest BCUT2D eigenvalue weighted by Gasteiger charge is -2.09. The predicted octanol–water partition coefficient (Wildman–Crippen LogP) is 3.12. The SMILES string of the molecule is Clc1ccc2nc(CNC3C4C5CCC(C5)C34)cn2c1. The number of hydrogen-bond donors (Lipinski definition) is 1. The van der Waals surface area contributed by atoms with E-state index in [1.807, 2.05) is 22.7 Å². The molecule has 0 saturated heterocycles. The topological polar surface area (TPSA) is 29.3 Å². The van der Waals surface area contributed by atoms with Gasteiger partial charge in [0.2, 0.25) is 0 Å². The number of nitrogens with zero attached hydrogens (tertiary/aromatic N) is 2. The molecule has 20 heavy (non-hydrogen) atoms. The Morgan fingerprint density at radius 3 is 2.80 bits per heavy atom. The van der Waals surface area contributed by atoms with Gasteiger partial charge in [-0.3, -0.25) is 0 Å². The highest BCUT2D eigenvalue weighted by molar-refractivity contribution is 6.30. The molecule has 0 aliphatic heterocycles. The molecule has 4 heteroatoms. The average molecular weight is 288 g/mol. The summed E-state index contributed by atoms with van der Waals surface area (Å²) in [6.45, 7) is 0.885. The van der Waals surface area contributed by atoms with Crippen molar-refractivity contribution in [2.24, 2.45) is 23.7 Å². The lowest BCUT2D eigenvalue weighted by molar-refractivity contribution is 0.456. The zero-order valence-electron chi connectivity index (χ0n) is 11.3. The molecular weight excluding hydrogens is 270 g/mol. The summed E-state index contributed by atoms with van der Waals surface area (Å²) >= 11 is 6.00. The van der Waals surface area contributed by atoms with Crippen LogP contribution < -0.4 is 5.32 Å². The summed E-state index contributed by atoms with van der Waals surface area (Å²) in [6.07, 6.45) is 8.48. The number of nitrogens with one attached hydrogen (secondary N) is 1. The van der Waals surface area contributed by atoms with E-state index in [1.54, 1.807) is 0 Å². The van der Waals surface area contributed by atoms with Gasteiger partial charge in [-0.2, -0.15) is 0 Å². The lowest BCUT2D eigenvalue weighted by Crippen LogP contribution is -2.22. The van der Waals surface area contributed by atoms with Crippen LogP contribution in [0, 0.1) is 23.7 Å². The molecule has 5 rings (SSSR count). The third kappa shape index (κ3) is 1.60. The van der Waals surface area contributed by atoms with E-state index in [9.17, 15) is 0 Å². The van der Waals surface area contributed by atoms with E-state index in [-0.39, 0.29) is 0 Å². The van der Waals surface area contributed by atoms with Gasteiger partial charge in [-0.15, -0.1) is 0 Å². The summed E-state index contributed by atoms with van der Waals surface area (Å²) in [6, 6.07) is 4.64. The Morgan fingerprint density at radius 2 is 2.00 bits per heavy atom. The highest BCUT2D eigenvalue weighted by atomic mass is 35.5. The second kappa shape index (κ2) is 3.99. The minimum absolute atomic E-state index is 0.753. The van der Waals surface area contributed by atoms with Crippen molar-refractivity contribution in [1.29, 1.82) is 0 Å². The zero-order chi connectivity index (χ0) is 13.3. The Balaban J connectivity index is 1.30. The first-order valence-corrected chi connectivity index (χ1v) is 8.04. The number of pyridine rings is 1. The molecule has 1 N–H and O–H groups in total. The van der Waals surface area contributed by atoms with Gasteiger partial charge >= 0.3 is 0 Å². The molecule has 3 aliphatic rings. The van der Waals surface area contributed by atoms with Crippen molar-refractivity contribution in [3.63, 3.8) is 0 Å². The number of hydrogen-bond acceptors (Lipinski definition) is 2. The Bertz CT molecular complexity index is 663. The Labute approximate surface area is 123 Å². The number of rotatable bonds is 3. The minimum Gasteiger partial charge on any atom is -0.308 e. The number of aromatic nitrogens is 2. The standard InChI is InChI=1S/C16H18ClN3/c17-11-3-4-13-19-12(8-20(13)7-11)6-18-16-14-9-1-2-10(5-9)15(14)16/h3-4,7-10,14-16,18H,1-2,5-6H2. The molecule has 3 saturated carbocycles. The van der Waals surface area contributed by atoms with Gasteiger partial charge in [0.1, 0.15) is 5.65 Å². The predicted molar refractivity (Wildman–Crippen MR) is 78.6 cm³/mol. The van der Waals surface area contributed by atoms with E-state index >= 15 is 0 Å². The van der Waals surface area contributed by atoms with Gasteiger partial charge in [-0.05, 0) is 55.1 Å². The largest absolute Gasteiger partial charge is 0.308 e. The van der Waals surface area contributed by atoms with Crippen LogP contribution >= 0.6 is 11.6 Å². The monoisotopic (exact) mass is 287 g/mol. The Hall–Kier alpha value is -1.06. The van der Waals surface area contributed by atoms with Crippen LogP contribution in [0.15, 0.2) is 24.5 Å². The van der Waals surface area contributed by atoms with Gasteiger partial charge in [0, 0.05) is 25.0 Å². The van der Waals surface area contributed by atoms with Gasteiger partial charge in [-0.25, -0.2) is 4.98 Å². The number of fused-ring (bicyclic) bond motifs is 6. The molecule has 0 amide bonds. The first-order chi connectivity index (χ1) is 9.79. The summed E-state index contributed by atoms with van der Waals surface area (Å²) < 4.78 is 2.01. The fraction of sp³-hybridized carbons (Fsp3) is 0.562. The Kier molecular flexibility index (Phi) is 2.31. The van der Waals surface area contributed by atoms with Crippen molar-refractivity contribution >= 4 is 17.2 Å². The van der Waals surface area contributed by atoms with E-state index in [4.69, 9.17) is 11.6 Å². The smallest absolute Gasteiger partial charge is 0.137 e. The molecule has 2 heterocycles. The van der Waals surface area contributed by atoms with Crippen LogP contribution in [0.4, 0.5) is 0 Å². The van der Waals surface area contributed by atoms with E-state index < -0.39 is 0 Å². The number of halogens is 1. The molecular formula is C16H18ClN3.